The Kier molecular flexibility index (Phi) is 4.63. The van der Waals surface area contributed by atoms with Crippen molar-refractivity contribution < 1.29 is 4.74 Å². The zero-order chi connectivity index (χ0) is 14.7. The van der Waals surface area contributed by atoms with Gasteiger partial charge in [-0.2, -0.15) is 0 Å². The maximum Gasteiger partial charge on any atom is 0.0589 e. The van der Waals surface area contributed by atoms with E-state index in [1.165, 1.54) is 18.4 Å². The highest BCUT2D eigenvalue weighted by molar-refractivity contribution is 5.17. The van der Waals surface area contributed by atoms with Crippen molar-refractivity contribution in [2.45, 2.75) is 37.8 Å². The SMILES string of the molecule is COCCN1CC(Cc2ccccc2)NCC1(C)C1CC1. The highest BCUT2D eigenvalue weighted by atomic mass is 16.5. The summed E-state index contributed by atoms with van der Waals surface area (Å²) in [5.41, 5.74) is 1.75. The van der Waals surface area contributed by atoms with Crippen LogP contribution in [0.3, 0.4) is 0 Å². The number of rotatable bonds is 6. The Morgan fingerprint density at radius 2 is 2.05 bits per heavy atom. The standard InChI is InChI=1S/C18H28N2O/c1-18(16-8-9-16)14-19-17(13-20(18)10-11-21-2)12-15-6-4-3-5-7-15/h3-7,16-17,19H,8-14H2,1-2H3. The van der Waals surface area contributed by atoms with Crippen molar-refractivity contribution in [1.82, 2.24) is 10.2 Å². The van der Waals surface area contributed by atoms with Crippen molar-refractivity contribution >= 4 is 0 Å². The lowest BCUT2D eigenvalue weighted by Gasteiger charge is -2.49. The first-order valence-electron chi connectivity index (χ1n) is 8.23. The Labute approximate surface area is 128 Å². The van der Waals surface area contributed by atoms with Crippen molar-refractivity contribution in [2.75, 3.05) is 33.4 Å². The van der Waals surface area contributed by atoms with Crippen LogP contribution in [0.5, 0.6) is 0 Å². The fourth-order valence-electron chi connectivity index (χ4n) is 3.69. The monoisotopic (exact) mass is 288 g/mol. The number of hydrogen-bond donors (Lipinski definition) is 1. The van der Waals surface area contributed by atoms with Crippen LogP contribution < -0.4 is 5.32 Å². The number of nitrogens with one attached hydrogen (secondary N) is 1. The fourth-order valence-corrected chi connectivity index (χ4v) is 3.69. The molecule has 116 valence electrons. The molecule has 0 aromatic heterocycles. The lowest BCUT2D eigenvalue weighted by Crippen LogP contribution is -2.65. The Morgan fingerprint density at radius 3 is 2.71 bits per heavy atom. The predicted molar refractivity (Wildman–Crippen MR) is 86.5 cm³/mol. The molecule has 1 aliphatic carbocycles. The lowest BCUT2D eigenvalue weighted by atomic mass is 9.88. The van der Waals surface area contributed by atoms with E-state index < -0.39 is 0 Å². The first-order chi connectivity index (χ1) is 10.2. The quantitative estimate of drug-likeness (QED) is 0.869. The van der Waals surface area contributed by atoms with Crippen LogP contribution in [-0.2, 0) is 11.2 Å². The second-order valence-corrected chi connectivity index (χ2v) is 6.84. The van der Waals surface area contributed by atoms with E-state index >= 15 is 0 Å². The molecule has 0 bridgehead atoms. The summed E-state index contributed by atoms with van der Waals surface area (Å²) in [6.45, 7) is 6.56. The molecule has 2 atom stereocenters. The second-order valence-electron chi connectivity index (χ2n) is 6.84. The molecule has 2 aliphatic rings. The van der Waals surface area contributed by atoms with Crippen LogP contribution in [0, 0.1) is 5.92 Å². The van der Waals surface area contributed by atoms with Gasteiger partial charge in [-0.25, -0.2) is 0 Å². The van der Waals surface area contributed by atoms with Gasteiger partial charge in [0.2, 0.25) is 0 Å². The molecule has 0 radical (unpaired) electrons. The van der Waals surface area contributed by atoms with Crippen LogP contribution in [0.4, 0.5) is 0 Å². The second kappa shape index (κ2) is 6.47. The van der Waals surface area contributed by atoms with E-state index in [0.29, 0.717) is 11.6 Å². The number of benzene rings is 1. The molecule has 1 saturated carbocycles. The van der Waals surface area contributed by atoms with Crippen LogP contribution in [0.1, 0.15) is 25.3 Å². The molecule has 3 rings (SSSR count). The van der Waals surface area contributed by atoms with Gasteiger partial charge < -0.3 is 10.1 Å². The molecule has 1 saturated heterocycles. The van der Waals surface area contributed by atoms with Gasteiger partial charge in [0, 0.05) is 38.3 Å². The van der Waals surface area contributed by atoms with Gasteiger partial charge in [-0.05, 0) is 37.7 Å². The summed E-state index contributed by atoms with van der Waals surface area (Å²) in [6, 6.07) is 11.4. The molecular formula is C18H28N2O. The van der Waals surface area contributed by atoms with E-state index in [9.17, 15) is 0 Å². The third kappa shape index (κ3) is 3.47. The molecule has 1 heterocycles. The Hall–Kier alpha value is -0.900. The summed E-state index contributed by atoms with van der Waals surface area (Å²) in [5.74, 6) is 0.875. The van der Waals surface area contributed by atoms with Crippen LogP contribution in [0.25, 0.3) is 0 Å². The van der Waals surface area contributed by atoms with E-state index in [0.717, 1.165) is 38.6 Å². The number of hydrogen-bond acceptors (Lipinski definition) is 3. The first kappa shape index (κ1) is 15.0. The predicted octanol–water partition coefficient (Wildman–Crippen LogP) is 2.32. The van der Waals surface area contributed by atoms with Crippen LogP contribution >= 0.6 is 0 Å². The highest BCUT2D eigenvalue weighted by Gasteiger charge is 2.47. The molecule has 1 aromatic carbocycles. The van der Waals surface area contributed by atoms with Gasteiger partial charge in [-0.3, -0.25) is 4.90 Å². The molecule has 0 spiro atoms. The average molecular weight is 288 g/mol. The van der Waals surface area contributed by atoms with E-state index in [1.54, 1.807) is 7.11 Å². The van der Waals surface area contributed by atoms with Gasteiger partial charge in [-0.1, -0.05) is 30.3 Å². The molecule has 3 heteroatoms. The number of methoxy groups -OCH3 is 1. The molecule has 21 heavy (non-hydrogen) atoms. The first-order valence-corrected chi connectivity index (χ1v) is 8.23. The molecule has 0 amide bonds. The van der Waals surface area contributed by atoms with Gasteiger partial charge in [0.25, 0.3) is 0 Å². The van der Waals surface area contributed by atoms with Crippen molar-refractivity contribution in [3.63, 3.8) is 0 Å². The minimum atomic E-state index is 0.325. The number of ether oxygens (including phenoxy) is 1. The zero-order valence-corrected chi connectivity index (χ0v) is 13.3. The van der Waals surface area contributed by atoms with Crippen molar-refractivity contribution in [2.24, 2.45) is 5.92 Å². The highest BCUT2D eigenvalue weighted by Crippen LogP contribution is 2.43. The summed E-state index contributed by atoms with van der Waals surface area (Å²) >= 11 is 0. The van der Waals surface area contributed by atoms with E-state index in [-0.39, 0.29) is 0 Å². The van der Waals surface area contributed by atoms with Crippen LogP contribution in [0.15, 0.2) is 30.3 Å². The summed E-state index contributed by atoms with van der Waals surface area (Å²) in [7, 11) is 1.80. The van der Waals surface area contributed by atoms with Crippen LogP contribution in [0.2, 0.25) is 0 Å². The summed E-state index contributed by atoms with van der Waals surface area (Å²) in [5, 5.41) is 3.80. The molecule has 1 aromatic rings. The largest absolute Gasteiger partial charge is 0.383 e. The minimum absolute atomic E-state index is 0.325. The van der Waals surface area contributed by atoms with Gasteiger partial charge in [0.1, 0.15) is 0 Å². The van der Waals surface area contributed by atoms with Gasteiger partial charge in [-0.15, -0.1) is 0 Å². The molecule has 1 N–H and O–H groups in total. The van der Waals surface area contributed by atoms with E-state index in [2.05, 4.69) is 47.5 Å². The van der Waals surface area contributed by atoms with Crippen LogP contribution in [-0.4, -0.2) is 49.8 Å². The Morgan fingerprint density at radius 1 is 1.29 bits per heavy atom. The van der Waals surface area contributed by atoms with Crippen molar-refractivity contribution in [3.05, 3.63) is 35.9 Å². The van der Waals surface area contributed by atoms with Gasteiger partial charge in [0.15, 0.2) is 0 Å². The summed E-state index contributed by atoms with van der Waals surface area (Å²) in [4.78, 5) is 2.68. The Bertz CT molecular complexity index is 446. The third-order valence-corrected chi connectivity index (χ3v) is 5.26. The van der Waals surface area contributed by atoms with Gasteiger partial charge in [0.05, 0.1) is 6.61 Å². The maximum atomic E-state index is 5.33. The van der Waals surface area contributed by atoms with E-state index in [1.807, 2.05) is 0 Å². The topological polar surface area (TPSA) is 24.5 Å². The van der Waals surface area contributed by atoms with Crippen molar-refractivity contribution in [1.29, 1.82) is 0 Å². The summed E-state index contributed by atoms with van der Waals surface area (Å²) < 4.78 is 5.33. The zero-order valence-electron chi connectivity index (χ0n) is 13.3. The number of piperazine rings is 1. The summed E-state index contributed by atoms with van der Waals surface area (Å²) in [6.07, 6.45) is 3.90. The molecular weight excluding hydrogens is 260 g/mol. The molecule has 2 unspecified atom stereocenters. The fraction of sp³-hybridized carbons (Fsp3) is 0.667. The molecule has 3 nitrogen and oxygen atoms in total. The minimum Gasteiger partial charge on any atom is -0.383 e. The number of nitrogens with zero attached hydrogens (tertiary/aromatic N) is 1. The van der Waals surface area contributed by atoms with E-state index in [4.69, 9.17) is 4.74 Å². The van der Waals surface area contributed by atoms with Gasteiger partial charge >= 0.3 is 0 Å². The average Bonchev–Trinajstić information content (AvgIpc) is 3.34. The maximum absolute atomic E-state index is 5.33. The Balaban J connectivity index is 1.64. The molecule has 2 fully saturated rings. The third-order valence-electron chi connectivity index (χ3n) is 5.26. The smallest absolute Gasteiger partial charge is 0.0589 e. The lowest BCUT2D eigenvalue weighted by molar-refractivity contribution is 0.0151. The van der Waals surface area contributed by atoms with Crippen molar-refractivity contribution in [3.8, 4) is 0 Å². The molecule has 1 aliphatic heterocycles. The normalized spacial score (nSPS) is 30.5.